The molecule has 22 heavy (non-hydrogen) atoms. The molecule has 2 N–H and O–H groups in total. The molecule has 120 valence electrons. The van der Waals surface area contributed by atoms with E-state index in [4.69, 9.17) is 4.52 Å². The summed E-state index contributed by atoms with van der Waals surface area (Å²) in [5.41, 5.74) is 1.15. The predicted octanol–water partition coefficient (Wildman–Crippen LogP) is 2.06. The molecular formula is C14H18Cl2N4O2. The van der Waals surface area contributed by atoms with Gasteiger partial charge in [-0.3, -0.25) is 9.78 Å². The zero-order chi connectivity index (χ0) is 13.8. The van der Waals surface area contributed by atoms with Crippen LogP contribution in [-0.2, 0) is 0 Å². The van der Waals surface area contributed by atoms with Crippen molar-refractivity contribution in [1.82, 2.24) is 20.8 Å². The van der Waals surface area contributed by atoms with Crippen LogP contribution in [0.4, 0.5) is 0 Å². The van der Waals surface area contributed by atoms with E-state index in [1.807, 2.05) is 12.1 Å². The van der Waals surface area contributed by atoms with Gasteiger partial charge in [0.25, 0.3) is 5.91 Å². The first-order valence-electron chi connectivity index (χ1n) is 6.71. The van der Waals surface area contributed by atoms with E-state index in [0.29, 0.717) is 24.0 Å². The van der Waals surface area contributed by atoms with Crippen LogP contribution in [0.15, 0.2) is 35.1 Å². The molecule has 0 aliphatic carbocycles. The van der Waals surface area contributed by atoms with Gasteiger partial charge in [-0.05, 0) is 31.5 Å². The maximum absolute atomic E-state index is 12.0. The maximum Gasteiger partial charge on any atom is 0.273 e. The smallest absolute Gasteiger partial charge is 0.273 e. The number of aromatic nitrogens is 2. The molecule has 0 radical (unpaired) electrons. The third-order valence-corrected chi connectivity index (χ3v) is 3.38. The van der Waals surface area contributed by atoms with Gasteiger partial charge in [-0.1, -0.05) is 5.16 Å². The van der Waals surface area contributed by atoms with Crippen molar-refractivity contribution >= 4 is 30.7 Å². The molecule has 1 unspecified atom stereocenters. The minimum absolute atomic E-state index is 0. The first-order chi connectivity index (χ1) is 9.83. The summed E-state index contributed by atoms with van der Waals surface area (Å²) in [6.45, 7) is 1.65. The Balaban J connectivity index is 0.00000121. The summed E-state index contributed by atoms with van der Waals surface area (Å²) in [5, 5.41) is 10.0. The quantitative estimate of drug-likeness (QED) is 0.887. The van der Waals surface area contributed by atoms with Crippen molar-refractivity contribution in [3.05, 3.63) is 36.3 Å². The minimum Gasteiger partial charge on any atom is -0.355 e. The normalized spacial score (nSPS) is 16.5. The van der Waals surface area contributed by atoms with E-state index in [9.17, 15) is 4.79 Å². The summed E-state index contributed by atoms with van der Waals surface area (Å²) in [6.07, 6.45) is 5.60. The number of halogens is 2. The number of amides is 1. The number of hydrogen-bond acceptors (Lipinski definition) is 5. The van der Waals surface area contributed by atoms with Crippen LogP contribution in [0.1, 0.15) is 23.3 Å². The van der Waals surface area contributed by atoms with Gasteiger partial charge in [0.05, 0.1) is 0 Å². The summed E-state index contributed by atoms with van der Waals surface area (Å²) < 4.78 is 5.19. The van der Waals surface area contributed by atoms with Crippen LogP contribution in [-0.4, -0.2) is 35.2 Å². The summed E-state index contributed by atoms with van der Waals surface area (Å²) in [6, 6.07) is 5.63. The molecule has 1 aliphatic heterocycles. The highest BCUT2D eigenvalue weighted by molar-refractivity contribution is 5.93. The average Bonchev–Trinajstić information content (AvgIpc) is 3.17. The predicted molar refractivity (Wildman–Crippen MR) is 87.6 cm³/mol. The minimum atomic E-state index is -0.206. The van der Waals surface area contributed by atoms with E-state index in [0.717, 1.165) is 24.9 Å². The number of pyridine rings is 1. The molecule has 0 spiro atoms. The van der Waals surface area contributed by atoms with E-state index in [1.165, 1.54) is 0 Å². The van der Waals surface area contributed by atoms with E-state index in [1.54, 1.807) is 18.5 Å². The van der Waals surface area contributed by atoms with E-state index < -0.39 is 0 Å². The third-order valence-electron chi connectivity index (χ3n) is 3.38. The fraction of sp³-hybridized carbons (Fsp3) is 0.357. The lowest BCUT2D eigenvalue weighted by molar-refractivity contribution is 0.0941. The molecule has 3 rings (SSSR count). The molecule has 1 aliphatic rings. The Kier molecular flexibility index (Phi) is 7.31. The fourth-order valence-electron chi connectivity index (χ4n) is 2.27. The highest BCUT2D eigenvalue weighted by atomic mass is 35.5. The van der Waals surface area contributed by atoms with Crippen molar-refractivity contribution in [3.63, 3.8) is 0 Å². The summed E-state index contributed by atoms with van der Waals surface area (Å²) in [7, 11) is 0. The topological polar surface area (TPSA) is 80.0 Å². The molecule has 2 aromatic heterocycles. The van der Waals surface area contributed by atoms with Crippen molar-refractivity contribution in [1.29, 1.82) is 0 Å². The van der Waals surface area contributed by atoms with Gasteiger partial charge < -0.3 is 15.2 Å². The molecule has 0 aromatic carbocycles. The lowest BCUT2D eigenvalue weighted by Crippen LogP contribution is -2.37. The van der Waals surface area contributed by atoms with Crippen molar-refractivity contribution in [2.75, 3.05) is 13.1 Å². The van der Waals surface area contributed by atoms with E-state index >= 15 is 0 Å². The van der Waals surface area contributed by atoms with Gasteiger partial charge in [-0.25, -0.2) is 0 Å². The van der Waals surface area contributed by atoms with Crippen molar-refractivity contribution in [2.24, 2.45) is 0 Å². The highest BCUT2D eigenvalue weighted by Gasteiger charge is 2.17. The second-order valence-electron chi connectivity index (χ2n) is 4.82. The lowest BCUT2D eigenvalue weighted by Gasteiger charge is -2.09. The first kappa shape index (κ1) is 18.4. The number of nitrogens with one attached hydrogen (secondary N) is 2. The van der Waals surface area contributed by atoms with E-state index in [2.05, 4.69) is 20.8 Å². The fourth-order valence-corrected chi connectivity index (χ4v) is 2.27. The van der Waals surface area contributed by atoms with Crippen LogP contribution < -0.4 is 10.6 Å². The van der Waals surface area contributed by atoms with Crippen LogP contribution in [0.25, 0.3) is 11.3 Å². The molecule has 1 saturated heterocycles. The molecule has 1 fully saturated rings. The number of carbonyl (C=O) groups excluding carboxylic acids is 1. The third kappa shape index (κ3) is 4.43. The number of carbonyl (C=O) groups is 1. The van der Waals surface area contributed by atoms with Gasteiger partial charge in [-0.15, -0.1) is 24.8 Å². The molecule has 2 aromatic rings. The molecule has 3 heterocycles. The second-order valence-corrected chi connectivity index (χ2v) is 4.82. The van der Waals surface area contributed by atoms with Gasteiger partial charge in [0.2, 0.25) is 0 Å². The van der Waals surface area contributed by atoms with Gasteiger partial charge in [0, 0.05) is 36.6 Å². The largest absolute Gasteiger partial charge is 0.355 e. The molecule has 1 atom stereocenters. The van der Waals surface area contributed by atoms with Crippen molar-refractivity contribution < 1.29 is 9.32 Å². The Morgan fingerprint density at radius 3 is 2.82 bits per heavy atom. The summed E-state index contributed by atoms with van der Waals surface area (Å²) >= 11 is 0. The van der Waals surface area contributed by atoms with Gasteiger partial charge in [0.15, 0.2) is 11.5 Å². The Labute approximate surface area is 140 Å². The monoisotopic (exact) mass is 344 g/mol. The Morgan fingerprint density at radius 2 is 2.14 bits per heavy atom. The van der Waals surface area contributed by atoms with Crippen LogP contribution in [0, 0.1) is 0 Å². The number of rotatable bonds is 4. The molecule has 0 saturated carbocycles. The summed E-state index contributed by atoms with van der Waals surface area (Å²) in [5.74, 6) is 0.360. The molecule has 8 heteroatoms. The molecule has 6 nitrogen and oxygen atoms in total. The Hall–Kier alpha value is -1.63. The van der Waals surface area contributed by atoms with Crippen molar-refractivity contribution in [3.8, 4) is 11.3 Å². The van der Waals surface area contributed by atoms with Crippen LogP contribution >= 0.6 is 24.8 Å². The van der Waals surface area contributed by atoms with Gasteiger partial charge in [-0.2, -0.15) is 0 Å². The highest BCUT2D eigenvalue weighted by Crippen LogP contribution is 2.19. The average molecular weight is 345 g/mol. The number of nitrogens with zero attached hydrogens (tertiary/aromatic N) is 2. The molecule has 1 amide bonds. The van der Waals surface area contributed by atoms with Crippen molar-refractivity contribution in [2.45, 2.75) is 18.9 Å². The number of hydrogen-bond donors (Lipinski definition) is 2. The van der Waals surface area contributed by atoms with Crippen LogP contribution in [0.5, 0.6) is 0 Å². The lowest BCUT2D eigenvalue weighted by atomic mass is 10.2. The summed E-state index contributed by atoms with van der Waals surface area (Å²) in [4.78, 5) is 15.9. The SMILES string of the molecule is Cl.Cl.O=C(NCC1CCCN1)c1cc(-c2ccncc2)on1. The van der Waals surface area contributed by atoms with Gasteiger partial charge >= 0.3 is 0 Å². The van der Waals surface area contributed by atoms with Crippen LogP contribution in [0.3, 0.4) is 0 Å². The maximum atomic E-state index is 12.0. The zero-order valence-corrected chi connectivity index (χ0v) is 13.5. The zero-order valence-electron chi connectivity index (χ0n) is 11.8. The first-order valence-corrected chi connectivity index (χ1v) is 6.71. The van der Waals surface area contributed by atoms with Gasteiger partial charge in [0.1, 0.15) is 0 Å². The second kappa shape index (κ2) is 8.73. The van der Waals surface area contributed by atoms with E-state index in [-0.39, 0.29) is 30.7 Å². The molecule has 0 bridgehead atoms. The molecular weight excluding hydrogens is 327 g/mol. The Bertz CT molecular complexity index is 586. The standard InChI is InChI=1S/C14H16N4O2.2ClH/c19-14(17-9-11-2-1-5-16-11)12-8-13(20-18-12)10-3-6-15-7-4-10;;/h3-4,6-8,11,16H,1-2,5,9H2,(H,17,19);2*1H. The Morgan fingerprint density at radius 1 is 1.36 bits per heavy atom. The van der Waals surface area contributed by atoms with Crippen LogP contribution in [0.2, 0.25) is 0 Å².